The van der Waals surface area contributed by atoms with Gasteiger partial charge in [-0.25, -0.2) is 4.68 Å². The highest BCUT2D eigenvalue weighted by molar-refractivity contribution is 6.01. The summed E-state index contributed by atoms with van der Waals surface area (Å²) in [6, 6.07) is 15.1. The van der Waals surface area contributed by atoms with Crippen LogP contribution in [-0.2, 0) is 20.0 Å². The number of rotatable bonds is 6. The highest BCUT2D eigenvalue weighted by atomic mass is 16.5. The number of carbonyl (C=O) groups excluding carboxylic acids is 2. The van der Waals surface area contributed by atoms with Gasteiger partial charge in [0.15, 0.2) is 11.5 Å². The fourth-order valence-corrected chi connectivity index (χ4v) is 5.12. The Morgan fingerprint density at radius 1 is 1.11 bits per heavy atom. The number of nitrogens with zero attached hydrogens (tertiary/aromatic N) is 4. The number of benzene rings is 2. The largest absolute Gasteiger partial charge is 0.466 e. The second kappa shape index (κ2) is 8.76. The Labute approximate surface area is 203 Å². The van der Waals surface area contributed by atoms with Crippen LogP contribution in [0.1, 0.15) is 57.9 Å². The van der Waals surface area contributed by atoms with Crippen molar-refractivity contribution in [3.05, 3.63) is 64.4 Å². The van der Waals surface area contributed by atoms with E-state index in [1.807, 2.05) is 48.5 Å². The van der Waals surface area contributed by atoms with E-state index in [4.69, 9.17) is 9.84 Å². The van der Waals surface area contributed by atoms with Crippen molar-refractivity contribution in [3.63, 3.8) is 0 Å². The van der Waals surface area contributed by atoms with Crippen molar-refractivity contribution in [2.24, 2.45) is 0 Å². The van der Waals surface area contributed by atoms with Crippen LogP contribution in [-0.4, -0.2) is 33.2 Å². The number of carbonyl (C=O) groups is 2. The maximum atomic E-state index is 13.2. The third-order valence-electron chi connectivity index (χ3n) is 6.88. The van der Waals surface area contributed by atoms with Gasteiger partial charge in [0.25, 0.3) is 5.56 Å². The van der Waals surface area contributed by atoms with Crippen molar-refractivity contribution in [3.8, 4) is 22.6 Å². The molecule has 0 radical (unpaired) electrons. The normalized spacial score (nSPS) is 18.3. The summed E-state index contributed by atoms with van der Waals surface area (Å²) >= 11 is 0. The van der Waals surface area contributed by atoms with Crippen molar-refractivity contribution in [1.82, 2.24) is 14.8 Å². The number of esters is 1. The van der Waals surface area contributed by atoms with Crippen LogP contribution in [0.2, 0.25) is 0 Å². The number of fused-ring (bicyclic) bond motifs is 6. The highest BCUT2D eigenvalue weighted by Crippen LogP contribution is 2.49. The van der Waals surface area contributed by atoms with Gasteiger partial charge >= 0.3 is 5.97 Å². The number of amides is 1. The Balaban J connectivity index is 1.70. The molecule has 0 N–H and O–H groups in total. The van der Waals surface area contributed by atoms with E-state index in [9.17, 15) is 14.4 Å². The van der Waals surface area contributed by atoms with Gasteiger partial charge in [0.1, 0.15) is 5.66 Å². The lowest BCUT2D eigenvalue weighted by Crippen LogP contribution is -2.53. The zero-order valence-electron chi connectivity index (χ0n) is 20.2. The highest BCUT2D eigenvalue weighted by Gasteiger charge is 2.53. The number of hydrogen-bond donors (Lipinski definition) is 0. The summed E-state index contributed by atoms with van der Waals surface area (Å²) < 4.78 is 6.87. The van der Waals surface area contributed by atoms with Crippen LogP contribution in [0, 0.1) is 0 Å². The van der Waals surface area contributed by atoms with E-state index in [2.05, 4.69) is 18.8 Å². The second-order valence-corrected chi connectivity index (χ2v) is 9.31. The molecule has 0 aliphatic carbocycles. The van der Waals surface area contributed by atoms with Gasteiger partial charge in [-0.15, -0.1) is 0 Å². The summed E-state index contributed by atoms with van der Waals surface area (Å²) in [7, 11) is 0. The first-order valence-electron chi connectivity index (χ1n) is 12.1. The molecule has 1 amide bonds. The van der Waals surface area contributed by atoms with Crippen LogP contribution in [0.3, 0.4) is 0 Å². The lowest BCUT2D eigenvalue weighted by atomic mass is 9.95. The van der Waals surface area contributed by atoms with E-state index in [0.29, 0.717) is 47.8 Å². The van der Waals surface area contributed by atoms with E-state index in [1.54, 1.807) is 16.5 Å². The molecule has 1 saturated heterocycles. The molecule has 8 heteroatoms. The minimum atomic E-state index is -0.944. The molecule has 8 nitrogen and oxygen atoms in total. The van der Waals surface area contributed by atoms with Gasteiger partial charge in [-0.05, 0) is 30.5 Å². The number of para-hydroxylation sites is 1. The van der Waals surface area contributed by atoms with E-state index < -0.39 is 11.2 Å². The van der Waals surface area contributed by atoms with E-state index in [-0.39, 0.29) is 30.6 Å². The van der Waals surface area contributed by atoms with Gasteiger partial charge in [0.05, 0.1) is 12.3 Å². The smallest absolute Gasteiger partial charge is 0.305 e. The van der Waals surface area contributed by atoms with Crippen LogP contribution in [0.5, 0.6) is 0 Å². The summed E-state index contributed by atoms with van der Waals surface area (Å²) in [5, 5.41) is 4.83. The maximum absolute atomic E-state index is 13.2. The average molecular weight is 473 g/mol. The molecule has 3 aromatic rings. The number of aromatic nitrogens is 3. The standard InChI is InChI=1S/C27H28N4O4/c1-4-35-23(33)14-16-27-15-13-22(32)30(27)21-8-6-5-7-20(21)25-28-26(34)24(29-31(25)27)19-11-9-18(10-12-19)17(2)3/h5-12,17H,4,13-16H2,1-3H3/t27-/m1/s1. The predicted octanol–water partition coefficient (Wildman–Crippen LogP) is 4.23. The number of ether oxygens (including phenoxy) is 1. The molecule has 0 saturated carbocycles. The minimum Gasteiger partial charge on any atom is -0.466 e. The molecule has 1 aromatic heterocycles. The Bertz CT molecular complexity index is 1360. The lowest BCUT2D eigenvalue weighted by Gasteiger charge is -2.44. The molecule has 0 bridgehead atoms. The number of anilines is 1. The molecule has 1 atom stereocenters. The van der Waals surface area contributed by atoms with Crippen LogP contribution in [0.4, 0.5) is 5.69 Å². The van der Waals surface area contributed by atoms with Crippen molar-refractivity contribution >= 4 is 17.6 Å². The summed E-state index contributed by atoms with van der Waals surface area (Å²) in [5.41, 5.74) is 2.02. The topological polar surface area (TPSA) is 94.4 Å². The third kappa shape index (κ3) is 3.73. The SMILES string of the molecule is CCOC(=O)CC[C@]12CCC(=O)N1c1ccccc1-c1nc(=O)c(-c3ccc(C(C)C)cc3)nn12. The zero-order valence-corrected chi connectivity index (χ0v) is 20.2. The molecular formula is C27H28N4O4. The first-order valence-corrected chi connectivity index (χ1v) is 12.1. The van der Waals surface area contributed by atoms with Crippen molar-refractivity contribution in [1.29, 1.82) is 0 Å². The quantitative estimate of drug-likeness (QED) is 0.498. The lowest BCUT2D eigenvalue weighted by molar-refractivity contribution is -0.143. The summed E-state index contributed by atoms with van der Waals surface area (Å²) in [6.45, 7) is 6.27. The van der Waals surface area contributed by atoms with Crippen molar-refractivity contribution < 1.29 is 14.3 Å². The van der Waals surface area contributed by atoms with E-state index >= 15 is 0 Å². The predicted molar refractivity (Wildman–Crippen MR) is 132 cm³/mol. The van der Waals surface area contributed by atoms with Gasteiger partial charge in [-0.3, -0.25) is 19.3 Å². The van der Waals surface area contributed by atoms with Gasteiger partial charge < -0.3 is 4.74 Å². The fraction of sp³-hybridized carbons (Fsp3) is 0.370. The molecule has 0 unspecified atom stereocenters. The first kappa shape index (κ1) is 23.0. The third-order valence-corrected chi connectivity index (χ3v) is 6.88. The molecule has 3 heterocycles. The molecule has 1 fully saturated rings. The number of hydrogen-bond acceptors (Lipinski definition) is 6. The van der Waals surface area contributed by atoms with Crippen LogP contribution >= 0.6 is 0 Å². The Kier molecular flexibility index (Phi) is 5.75. The fourth-order valence-electron chi connectivity index (χ4n) is 5.12. The molecular weight excluding hydrogens is 444 g/mol. The molecule has 2 aliphatic heterocycles. The molecule has 2 aromatic carbocycles. The minimum absolute atomic E-state index is 0.0460. The Morgan fingerprint density at radius 2 is 1.86 bits per heavy atom. The summed E-state index contributed by atoms with van der Waals surface area (Å²) in [6.07, 6.45) is 1.19. The van der Waals surface area contributed by atoms with Gasteiger partial charge in [-0.1, -0.05) is 50.2 Å². The molecule has 5 rings (SSSR count). The van der Waals surface area contributed by atoms with Crippen LogP contribution in [0.15, 0.2) is 53.3 Å². The molecule has 2 aliphatic rings. The van der Waals surface area contributed by atoms with Gasteiger partial charge in [0.2, 0.25) is 5.91 Å². The molecule has 0 spiro atoms. The van der Waals surface area contributed by atoms with Crippen LogP contribution in [0.25, 0.3) is 22.6 Å². The molecule has 35 heavy (non-hydrogen) atoms. The molecule has 180 valence electrons. The van der Waals surface area contributed by atoms with Gasteiger partial charge in [0, 0.05) is 36.8 Å². The van der Waals surface area contributed by atoms with Gasteiger partial charge in [-0.2, -0.15) is 10.1 Å². The summed E-state index contributed by atoms with van der Waals surface area (Å²) in [5.74, 6) is 0.388. The maximum Gasteiger partial charge on any atom is 0.305 e. The second-order valence-electron chi connectivity index (χ2n) is 9.31. The van der Waals surface area contributed by atoms with Crippen LogP contribution < -0.4 is 10.5 Å². The Morgan fingerprint density at radius 3 is 2.57 bits per heavy atom. The Hall–Kier alpha value is -3.81. The average Bonchev–Trinajstić information content (AvgIpc) is 3.20. The summed E-state index contributed by atoms with van der Waals surface area (Å²) in [4.78, 5) is 44.9. The van der Waals surface area contributed by atoms with E-state index in [1.165, 1.54) is 0 Å². The monoisotopic (exact) mass is 472 g/mol. The van der Waals surface area contributed by atoms with Crippen molar-refractivity contribution in [2.75, 3.05) is 11.5 Å². The van der Waals surface area contributed by atoms with E-state index in [0.717, 1.165) is 5.56 Å². The van der Waals surface area contributed by atoms with Crippen molar-refractivity contribution in [2.45, 2.75) is 58.0 Å². The zero-order chi connectivity index (χ0) is 24.7. The first-order chi connectivity index (χ1) is 16.9.